The summed E-state index contributed by atoms with van der Waals surface area (Å²) >= 11 is 13.8. The summed E-state index contributed by atoms with van der Waals surface area (Å²) in [7, 11) is -1.91. The summed E-state index contributed by atoms with van der Waals surface area (Å²) in [4.78, 5) is 0.0572. The van der Waals surface area contributed by atoms with E-state index in [0.717, 1.165) is 0 Å². The van der Waals surface area contributed by atoms with Crippen molar-refractivity contribution >= 4 is 45.0 Å². The molecule has 20 heavy (non-hydrogen) atoms. The molecule has 0 radical (unpaired) electrons. The highest BCUT2D eigenvalue weighted by Crippen LogP contribution is 2.31. The molecule has 0 amide bonds. The first-order valence-corrected chi connectivity index (χ1v) is 9.59. The van der Waals surface area contributed by atoms with E-state index in [1.807, 2.05) is 13.2 Å². The van der Waals surface area contributed by atoms with E-state index in [9.17, 15) is 8.42 Å². The summed E-state index contributed by atoms with van der Waals surface area (Å²) in [5.74, 6) is 0.688. The fourth-order valence-corrected chi connectivity index (χ4v) is 4.58. The number of halogens is 2. The quantitative estimate of drug-likeness (QED) is 0.788. The van der Waals surface area contributed by atoms with Crippen LogP contribution in [0.4, 0.5) is 0 Å². The van der Waals surface area contributed by atoms with Gasteiger partial charge in [-0.3, -0.25) is 0 Å². The summed E-state index contributed by atoms with van der Waals surface area (Å²) in [6, 6.07) is 2.81. The van der Waals surface area contributed by atoms with E-state index < -0.39 is 10.0 Å². The maximum absolute atomic E-state index is 12.3. The van der Waals surface area contributed by atoms with Crippen molar-refractivity contribution in [2.24, 2.45) is 0 Å². The molecule has 1 atom stereocenters. The molecule has 8 heteroatoms. The number of sulfonamides is 1. The summed E-state index contributed by atoms with van der Waals surface area (Å²) < 4.78 is 27.3. The number of thioether (sulfide) groups is 1. The summed E-state index contributed by atoms with van der Waals surface area (Å²) in [5.41, 5.74) is 0.580. The minimum Gasteiger partial charge on any atom is -0.316 e. The van der Waals surface area contributed by atoms with Crippen LogP contribution >= 0.6 is 35.0 Å². The maximum atomic E-state index is 12.3. The van der Waals surface area contributed by atoms with Gasteiger partial charge >= 0.3 is 0 Å². The third-order valence-corrected chi connectivity index (χ3v) is 5.93. The van der Waals surface area contributed by atoms with Gasteiger partial charge in [-0.2, -0.15) is 11.8 Å². The van der Waals surface area contributed by atoms with Crippen molar-refractivity contribution in [1.82, 2.24) is 10.0 Å². The molecule has 4 nitrogen and oxygen atoms in total. The predicted octanol–water partition coefficient (Wildman–Crippen LogP) is 2.74. The second-order valence-electron chi connectivity index (χ2n) is 4.35. The molecule has 0 aliphatic carbocycles. The van der Waals surface area contributed by atoms with Crippen LogP contribution in [-0.2, 0) is 16.6 Å². The topological polar surface area (TPSA) is 58.2 Å². The van der Waals surface area contributed by atoms with E-state index in [1.165, 1.54) is 6.07 Å². The van der Waals surface area contributed by atoms with E-state index in [-0.39, 0.29) is 16.0 Å². The largest absolute Gasteiger partial charge is 0.316 e. The molecule has 0 heterocycles. The lowest BCUT2D eigenvalue weighted by Gasteiger charge is -2.16. The van der Waals surface area contributed by atoms with Gasteiger partial charge in [0.05, 0.1) is 5.02 Å². The molecule has 0 spiro atoms. The molecular formula is C12H18Cl2N2O2S2. The molecule has 1 unspecified atom stereocenters. The van der Waals surface area contributed by atoms with E-state index in [1.54, 1.807) is 24.9 Å². The molecule has 114 valence electrons. The van der Waals surface area contributed by atoms with Crippen molar-refractivity contribution in [2.75, 3.05) is 19.1 Å². The Bertz CT molecular complexity index is 565. The maximum Gasteiger partial charge on any atom is 0.242 e. The first-order valence-electron chi connectivity index (χ1n) is 5.96. The molecule has 1 aromatic rings. The number of rotatable bonds is 7. The minimum atomic E-state index is -3.65. The van der Waals surface area contributed by atoms with Crippen LogP contribution in [0.15, 0.2) is 17.0 Å². The number of hydrogen-bond donors (Lipinski definition) is 2. The zero-order chi connectivity index (χ0) is 15.3. The molecule has 0 saturated heterocycles. The fourth-order valence-electron chi connectivity index (χ4n) is 1.73. The van der Waals surface area contributed by atoms with Gasteiger partial charge in [-0.1, -0.05) is 23.2 Å². The standard InChI is InChI=1S/C12H18Cl2N2O2S2/c1-8(7-19-3)16-20(17,18)11-5-4-10(13)9(6-15-2)12(11)14/h4-5,8,15-16H,6-7H2,1-3H3. The van der Waals surface area contributed by atoms with E-state index in [2.05, 4.69) is 10.0 Å². The average molecular weight is 357 g/mol. The summed E-state index contributed by atoms with van der Waals surface area (Å²) in [5, 5.41) is 3.53. The van der Waals surface area contributed by atoms with Gasteiger partial charge in [0.1, 0.15) is 4.90 Å². The van der Waals surface area contributed by atoms with Crippen molar-refractivity contribution in [2.45, 2.75) is 24.4 Å². The second-order valence-corrected chi connectivity index (χ2v) is 7.72. The molecule has 0 saturated carbocycles. The Kier molecular flexibility index (Phi) is 7.11. The highest BCUT2D eigenvalue weighted by Gasteiger charge is 2.23. The Balaban J connectivity index is 3.16. The van der Waals surface area contributed by atoms with Crippen LogP contribution < -0.4 is 10.0 Å². The third kappa shape index (κ3) is 4.51. The van der Waals surface area contributed by atoms with E-state index >= 15 is 0 Å². The lowest BCUT2D eigenvalue weighted by Crippen LogP contribution is -2.34. The fraction of sp³-hybridized carbons (Fsp3) is 0.500. The molecule has 2 N–H and O–H groups in total. The van der Waals surface area contributed by atoms with Crippen molar-refractivity contribution in [3.8, 4) is 0 Å². The normalized spacial score (nSPS) is 13.4. The van der Waals surface area contributed by atoms with E-state index in [0.29, 0.717) is 22.9 Å². The van der Waals surface area contributed by atoms with Gasteiger partial charge < -0.3 is 5.32 Å². The monoisotopic (exact) mass is 356 g/mol. The van der Waals surface area contributed by atoms with Crippen LogP contribution in [-0.4, -0.2) is 33.5 Å². The number of nitrogens with one attached hydrogen (secondary N) is 2. The highest BCUT2D eigenvalue weighted by molar-refractivity contribution is 7.98. The highest BCUT2D eigenvalue weighted by atomic mass is 35.5. The Hall–Kier alpha value is 0.0200. The molecule has 1 rings (SSSR count). The lowest BCUT2D eigenvalue weighted by atomic mass is 10.2. The second kappa shape index (κ2) is 7.87. The van der Waals surface area contributed by atoms with Gasteiger partial charge in [-0.05, 0) is 32.4 Å². The first-order chi connectivity index (χ1) is 9.33. The average Bonchev–Trinajstić information content (AvgIpc) is 2.33. The number of benzene rings is 1. The summed E-state index contributed by atoms with van der Waals surface area (Å²) in [6.45, 7) is 2.22. The van der Waals surface area contributed by atoms with Gasteiger partial charge in [-0.15, -0.1) is 0 Å². The van der Waals surface area contributed by atoms with Crippen LogP contribution in [0.1, 0.15) is 12.5 Å². The first kappa shape index (κ1) is 18.1. The molecule has 1 aromatic carbocycles. The molecule has 0 fully saturated rings. The molecule has 0 aromatic heterocycles. The van der Waals surface area contributed by atoms with Crippen LogP contribution in [0.25, 0.3) is 0 Å². The van der Waals surface area contributed by atoms with Crippen LogP contribution in [0.3, 0.4) is 0 Å². The number of hydrogen-bond acceptors (Lipinski definition) is 4. The molecule has 0 aliphatic heterocycles. The zero-order valence-electron chi connectivity index (χ0n) is 11.5. The van der Waals surface area contributed by atoms with Crippen molar-refractivity contribution in [1.29, 1.82) is 0 Å². The zero-order valence-corrected chi connectivity index (χ0v) is 14.7. The van der Waals surface area contributed by atoms with E-state index in [4.69, 9.17) is 23.2 Å². The van der Waals surface area contributed by atoms with Crippen molar-refractivity contribution in [3.05, 3.63) is 27.7 Å². The van der Waals surface area contributed by atoms with Gasteiger partial charge in [-0.25, -0.2) is 13.1 Å². The van der Waals surface area contributed by atoms with Gasteiger partial charge in [0.2, 0.25) is 10.0 Å². The van der Waals surface area contributed by atoms with Crippen molar-refractivity contribution in [3.63, 3.8) is 0 Å². The molecule has 0 bridgehead atoms. The Labute approximate surface area is 134 Å². The van der Waals surface area contributed by atoms with Crippen LogP contribution in [0.2, 0.25) is 10.0 Å². The molecular weight excluding hydrogens is 339 g/mol. The van der Waals surface area contributed by atoms with Gasteiger partial charge in [0.25, 0.3) is 0 Å². The SMILES string of the molecule is CNCc1c(Cl)ccc(S(=O)(=O)NC(C)CSC)c1Cl. The smallest absolute Gasteiger partial charge is 0.242 e. The van der Waals surface area contributed by atoms with Crippen LogP contribution in [0, 0.1) is 0 Å². The lowest BCUT2D eigenvalue weighted by molar-refractivity contribution is 0.571. The summed E-state index contributed by atoms with van der Waals surface area (Å²) in [6.07, 6.45) is 1.92. The Morgan fingerprint density at radius 1 is 1.35 bits per heavy atom. The molecule has 0 aliphatic rings. The predicted molar refractivity (Wildman–Crippen MR) is 87.4 cm³/mol. The van der Waals surface area contributed by atoms with Gasteiger partial charge in [0, 0.05) is 28.9 Å². The van der Waals surface area contributed by atoms with Crippen molar-refractivity contribution < 1.29 is 8.42 Å². The Morgan fingerprint density at radius 2 is 2.00 bits per heavy atom. The Morgan fingerprint density at radius 3 is 2.55 bits per heavy atom. The van der Waals surface area contributed by atoms with Crippen LogP contribution in [0.5, 0.6) is 0 Å². The minimum absolute atomic E-state index is 0.0572. The van der Waals surface area contributed by atoms with Gasteiger partial charge in [0.15, 0.2) is 0 Å². The third-order valence-electron chi connectivity index (χ3n) is 2.57.